The Morgan fingerprint density at radius 2 is 1.68 bits per heavy atom. The summed E-state index contributed by atoms with van der Waals surface area (Å²) in [6, 6.07) is 12.4. The van der Waals surface area contributed by atoms with E-state index in [4.69, 9.17) is 18.0 Å². The third-order valence-electron chi connectivity index (χ3n) is 3.95. The molecule has 0 aliphatic heterocycles. The normalized spacial score (nSPS) is 10.2. The predicted molar refractivity (Wildman–Crippen MR) is 121 cm³/mol. The molecule has 0 bridgehead atoms. The molecule has 0 aromatic heterocycles. The molecule has 0 heterocycles. The van der Waals surface area contributed by atoms with Gasteiger partial charge >= 0.3 is 0 Å². The largest absolute Gasteiger partial charge is 0.332 e. The Labute approximate surface area is 178 Å². The Balaban J connectivity index is 1.85. The number of hydrogen-bond acceptors (Lipinski definition) is 4. The Morgan fingerprint density at radius 1 is 1.04 bits per heavy atom. The van der Waals surface area contributed by atoms with Gasteiger partial charge < -0.3 is 16.4 Å². The molecule has 0 aliphatic rings. The molecule has 0 aliphatic carbocycles. The second-order valence-corrected chi connectivity index (χ2v) is 7.51. The van der Waals surface area contributed by atoms with Crippen molar-refractivity contribution in [1.29, 1.82) is 0 Å². The number of thiocarbonyl (C=S) groups is 1. The third kappa shape index (κ3) is 7.03. The summed E-state index contributed by atoms with van der Waals surface area (Å²) < 4.78 is 0.861. The molecule has 0 saturated carbocycles. The lowest BCUT2D eigenvalue weighted by Gasteiger charge is -2.11. The Hall–Kier alpha value is -2.29. The highest BCUT2D eigenvalue weighted by Crippen LogP contribution is 2.18. The average molecular weight is 463 g/mol. The van der Waals surface area contributed by atoms with E-state index in [-0.39, 0.29) is 16.9 Å². The monoisotopic (exact) mass is 462 g/mol. The molecule has 0 fully saturated rings. The molecule has 0 spiro atoms. The average Bonchev–Trinajstić information content (AvgIpc) is 2.65. The van der Waals surface area contributed by atoms with Crippen LogP contribution in [0.2, 0.25) is 0 Å². The first-order chi connectivity index (χ1) is 13.4. The van der Waals surface area contributed by atoms with Gasteiger partial charge in [0.1, 0.15) is 0 Å². The van der Waals surface area contributed by atoms with Crippen molar-refractivity contribution in [2.45, 2.75) is 26.2 Å². The fraction of sp³-hybridized carbons (Fsp3) is 0.250. The molecule has 2 aromatic rings. The van der Waals surface area contributed by atoms with Crippen LogP contribution in [0.15, 0.2) is 46.9 Å². The first-order valence-electron chi connectivity index (χ1n) is 8.87. The van der Waals surface area contributed by atoms with Crippen molar-refractivity contribution < 1.29 is 9.59 Å². The lowest BCUT2D eigenvalue weighted by atomic mass is 10.1. The first kappa shape index (κ1) is 22.0. The number of aryl methyl sites for hydroxylation is 1. The number of nitrogens with one attached hydrogen (secondary N) is 3. The lowest BCUT2D eigenvalue weighted by Crippen LogP contribution is -2.34. The minimum atomic E-state index is -0.292. The minimum absolute atomic E-state index is 0.0406. The van der Waals surface area contributed by atoms with Gasteiger partial charge in [-0.05, 0) is 80.5 Å². The Kier molecular flexibility index (Phi) is 8.56. The van der Waals surface area contributed by atoms with Gasteiger partial charge in [-0.3, -0.25) is 14.9 Å². The zero-order valence-corrected chi connectivity index (χ0v) is 18.0. The SMILES string of the molecule is Cc1ccc(C(=O)NC(=S)Nc2ccc(NC(=O)CCCCN)cc2)cc1Br. The summed E-state index contributed by atoms with van der Waals surface area (Å²) in [5.74, 6) is -0.333. The maximum Gasteiger partial charge on any atom is 0.257 e. The van der Waals surface area contributed by atoms with Crippen LogP contribution >= 0.6 is 28.1 Å². The summed E-state index contributed by atoms with van der Waals surface area (Å²) in [4.78, 5) is 24.1. The molecule has 2 amide bonds. The maximum absolute atomic E-state index is 12.3. The van der Waals surface area contributed by atoms with Crippen LogP contribution in [-0.2, 0) is 4.79 Å². The predicted octanol–water partition coefficient (Wildman–Crippen LogP) is 3.95. The standard InChI is InChI=1S/C20H23BrN4O2S/c1-13-5-6-14(12-17(13)21)19(27)25-20(28)24-16-9-7-15(8-10-16)23-18(26)4-2-3-11-22/h5-10,12H,2-4,11,22H2,1H3,(H,23,26)(H2,24,25,27,28). The molecule has 2 rings (SSSR count). The maximum atomic E-state index is 12.3. The highest BCUT2D eigenvalue weighted by atomic mass is 79.9. The number of unbranched alkanes of at least 4 members (excludes halogenated alkanes) is 1. The van der Waals surface area contributed by atoms with E-state index in [1.54, 1.807) is 36.4 Å². The summed E-state index contributed by atoms with van der Waals surface area (Å²) >= 11 is 8.61. The van der Waals surface area contributed by atoms with Crippen molar-refractivity contribution in [3.8, 4) is 0 Å². The zero-order valence-electron chi connectivity index (χ0n) is 15.5. The summed E-state index contributed by atoms with van der Waals surface area (Å²) in [6.07, 6.45) is 2.05. The van der Waals surface area contributed by atoms with E-state index in [1.807, 2.05) is 13.0 Å². The fourth-order valence-electron chi connectivity index (χ4n) is 2.36. The minimum Gasteiger partial charge on any atom is -0.332 e. The van der Waals surface area contributed by atoms with Crippen molar-refractivity contribution in [1.82, 2.24) is 5.32 Å². The molecule has 28 heavy (non-hydrogen) atoms. The highest BCUT2D eigenvalue weighted by molar-refractivity contribution is 9.10. The molecule has 0 atom stereocenters. The number of benzene rings is 2. The van der Waals surface area contributed by atoms with Crippen molar-refractivity contribution in [2.75, 3.05) is 17.2 Å². The van der Waals surface area contributed by atoms with Gasteiger partial charge in [-0.1, -0.05) is 22.0 Å². The van der Waals surface area contributed by atoms with Gasteiger partial charge in [0, 0.05) is 27.8 Å². The molecule has 0 saturated heterocycles. The van der Waals surface area contributed by atoms with E-state index < -0.39 is 0 Å². The van der Waals surface area contributed by atoms with Gasteiger partial charge in [-0.25, -0.2) is 0 Å². The van der Waals surface area contributed by atoms with Crippen LogP contribution in [0, 0.1) is 6.92 Å². The fourth-order valence-corrected chi connectivity index (χ4v) is 2.95. The second-order valence-electron chi connectivity index (χ2n) is 6.24. The molecular formula is C20H23BrN4O2S. The number of amides is 2. The smallest absolute Gasteiger partial charge is 0.257 e. The third-order valence-corrected chi connectivity index (χ3v) is 5.00. The van der Waals surface area contributed by atoms with Gasteiger partial charge in [-0.2, -0.15) is 0 Å². The second kappa shape index (κ2) is 10.9. The Bertz CT molecular complexity index is 856. The topological polar surface area (TPSA) is 96.2 Å². The summed E-state index contributed by atoms with van der Waals surface area (Å²) in [5.41, 5.74) is 8.38. The molecule has 0 unspecified atom stereocenters. The number of hydrogen-bond donors (Lipinski definition) is 4. The van der Waals surface area contributed by atoms with E-state index in [0.717, 1.165) is 22.9 Å². The van der Waals surface area contributed by atoms with Gasteiger partial charge in [-0.15, -0.1) is 0 Å². The summed E-state index contributed by atoms with van der Waals surface area (Å²) in [7, 11) is 0. The van der Waals surface area contributed by atoms with Gasteiger partial charge in [0.05, 0.1) is 0 Å². The molecule has 0 radical (unpaired) electrons. The quantitative estimate of drug-likeness (QED) is 0.368. The van der Waals surface area contributed by atoms with Crippen molar-refractivity contribution in [3.05, 3.63) is 58.1 Å². The zero-order chi connectivity index (χ0) is 20.5. The molecule has 5 N–H and O–H groups in total. The van der Waals surface area contributed by atoms with E-state index in [9.17, 15) is 9.59 Å². The van der Waals surface area contributed by atoms with Crippen LogP contribution in [0.25, 0.3) is 0 Å². The van der Waals surface area contributed by atoms with E-state index >= 15 is 0 Å². The van der Waals surface area contributed by atoms with E-state index in [0.29, 0.717) is 29.9 Å². The number of anilines is 2. The highest BCUT2D eigenvalue weighted by Gasteiger charge is 2.09. The van der Waals surface area contributed by atoms with Crippen LogP contribution in [0.4, 0.5) is 11.4 Å². The van der Waals surface area contributed by atoms with Crippen molar-refractivity contribution >= 4 is 56.4 Å². The molecular weight excluding hydrogens is 440 g/mol. The summed E-state index contributed by atoms with van der Waals surface area (Å²) in [6.45, 7) is 2.54. The number of rotatable bonds is 7. The molecule has 8 heteroatoms. The van der Waals surface area contributed by atoms with Crippen LogP contribution in [-0.4, -0.2) is 23.5 Å². The Morgan fingerprint density at radius 3 is 2.29 bits per heavy atom. The molecule has 2 aromatic carbocycles. The van der Waals surface area contributed by atoms with E-state index in [2.05, 4.69) is 31.9 Å². The number of carbonyl (C=O) groups is 2. The number of halogens is 1. The van der Waals surface area contributed by atoms with Crippen LogP contribution in [0.1, 0.15) is 35.2 Å². The van der Waals surface area contributed by atoms with Gasteiger partial charge in [0.15, 0.2) is 5.11 Å². The van der Waals surface area contributed by atoms with E-state index in [1.165, 1.54) is 0 Å². The molecule has 148 valence electrons. The van der Waals surface area contributed by atoms with Crippen LogP contribution in [0.3, 0.4) is 0 Å². The van der Waals surface area contributed by atoms with Gasteiger partial charge in [0.25, 0.3) is 5.91 Å². The number of carbonyl (C=O) groups excluding carboxylic acids is 2. The van der Waals surface area contributed by atoms with Gasteiger partial charge in [0.2, 0.25) is 5.91 Å². The van der Waals surface area contributed by atoms with Crippen LogP contribution < -0.4 is 21.7 Å². The van der Waals surface area contributed by atoms with Crippen molar-refractivity contribution in [2.24, 2.45) is 5.73 Å². The van der Waals surface area contributed by atoms with Crippen molar-refractivity contribution in [3.63, 3.8) is 0 Å². The molecule has 6 nitrogen and oxygen atoms in total. The van der Waals surface area contributed by atoms with Crippen LogP contribution in [0.5, 0.6) is 0 Å². The number of nitrogens with two attached hydrogens (primary N) is 1. The summed E-state index contributed by atoms with van der Waals surface area (Å²) in [5, 5.41) is 8.62. The lowest BCUT2D eigenvalue weighted by molar-refractivity contribution is -0.116. The first-order valence-corrected chi connectivity index (χ1v) is 10.1.